The van der Waals surface area contributed by atoms with E-state index in [1.54, 1.807) is 36.5 Å². The third-order valence-electron chi connectivity index (χ3n) is 4.11. The van der Waals surface area contributed by atoms with Crippen LogP contribution >= 0.6 is 23.2 Å². The molecule has 0 bridgehead atoms. The minimum Gasteiger partial charge on any atom is -0.280 e. The molecule has 3 aromatic rings. The predicted octanol–water partition coefficient (Wildman–Crippen LogP) is 6.28. The van der Waals surface area contributed by atoms with Gasteiger partial charge in [-0.1, -0.05) is 48.5 Å². The summed E-state index contributed by atoms with van der Waals surface area (Å²) >= 11 is 12.2. The number of aromatic nitrogens is 1. The summed E-state index contributed by atoms with van der Waals surface area (Å²) in [5.41, 5.74) is 2.81. The van der Waals surface area contributed by atoms with E-state index in [1.807, 2.05) is 0 Å². The van der Waals surface area contributed by atoms with Gasteiger partial charge in [-0.15, -0.1) is 0 Å². The van der Waals surface area contributed by atoms with Crippen molar-refractivity contribution >= 4 is 51.1 Å². The minimum absolute atomic E-state index is 0.221. The van der Waals surface area contributed by atoms with Crippen molar-refractivity contribution in [2.75, 3.05) is 4.72 Å². The number of halogens is 3. The maximum absolute atomic E-state index is 13.2. The van der Waals surface area contributed by atoms with Crippen LogP contribution in [0.15, 0.2) is 66.7 Å². The van der Waals surface area contributed by atoms with Crippen LogP contribution in [0, 0.1) is 5.82 Å². The van der Waals surface area contributed by atoms with Crippen LogP contribution in [0.1, 0.15) is 11.1 Å². The first-order chi connectivity index (χ1) is 13.8. The van der Waals surface area contributed by atoms with E-state index in [0.29, 0.717) is 21.8 Å². The van der Waals surface area contributed by atoms with Crippen molar-refractivity contribution in [1.82, 2.24) is 4.98 Å². The van der Waals surface area contributed by atoms with Crippen molar-refractivity contribution in [1.29, 1.82) is 0 Å². The number of nitrogens with one attached hydrogen (secondary N) is 1. The summed E-state index contributed by atoms with van der Waals surface area (Å²) in [6.45, 7) is 7.58. The van der Waals surface area contributed by atoms with E-state index in [4.69, 9.17) is 23.2 Å². The molecule has 4 nitrogen and oxygen atoms in total. The molecule has 0 radical (unpaired) electrons. The molecule has 1 heterocycles. The van der Waals surface area contributed by atoms with Gasteiger partial charge in [-0.25, -0.2) is 12.8 Å². The molecule has 29 heavy (non-hydrogen) atoms. The number of benzene rings is 2. The molecule has 148 valence electrons. The highest BCUT2D eigenvalue weighted by Gasteiger charge is 2.20. The molecule has 8 heteroatoms. The standard InChI is InChI=1S/C21H15Cl2FN2O2S/c1-3-13-9-10-25-21(16(13)4-2)17-12-15(6-7-18(17)22)26-29(27,28)20-8-5-14(24)11-19(20)23/h3-12,26H,1-2H2. The maximum atomic E-state index is 13.2. The van der Waals surface area contributed by atoms with Crippen molar-refractivity contribution in [2.45, 2.75) is 4.90 Å². The number of pyridine rings is 1. The van der Waals surface area contributed by atoms with Gasteiger partial charge in [0.25, 0.3) is 10.0 Å². The molecule has 2 aromatic carbocycles. The van der Waals surface area contributed by atoms with Gasteiger partial charge in [0, 0.05) is 23.0 Å². The number of rotatable bonds is 6. The summed E-state index contributed by atoms with van der Waals surface area (Å²) < 4.78 is 41.1. The fourth-order valence-corrected chi connectivity index (χ4v) is 4.56. The van der Waals surface area contributed by atoms with E-state index >= 15 is 0 Å². The van der Waals surface area contributed by atoms with Gasteiger partial charge in [0.2, 0.25) is 0 Å². The van der Waals surface area contributed by atoms with Gasteiger partial charge in [0.05, 0.1) is 15.7 Å². The molecule has 0 fully saturated rings. The van der Waals surface area contributed by atoms with Crippen molar-refractivity contribution < 1.29 is 12.8 Å². The smallest absolute Gasteiger partial charge is 0.263 e. The molecule has 0 atom stereocenters. The fourth-order valence-electron chi connectivity index (χ4n) is 2.77. The molecule has 1 aromatic heterocycles. The summed E-state index contributed by atoms with van der Waals surface area (Å²) in [6, 6.07) is 9.45. The zero-order valence-electron chi connectivity index (χ0n) is 15.0. The monoisotopic (exact) mass is 448 g/mol. The second kappa shape index (κ2) is 8.37. The van der Waals surface area contributed by atoms with E-state index in [-0.39, 0.29) is 15.6 Å². The minimum atomic E-state index is -4.05. The van der Waals surface area contributed by atoms with Crippen LogP contribution in [0.25, 0.3) is 23.4 Å². The number of hydrogen-bond acceptors (Lipinski definition) is 3. The second-order valence-electron chi connectivity index (χ2n) is 5.95. The lowest BCUT2D eigenvalue weighted by molar-refractivity contribution is 0.600. The average molecular weight is 449 g/mol. The predicted molar refractivity (Wildman–Crippen MR) is 117 cm³/mol. The van der Waals surface area contributed by atoms with Gasteiger partial charge in [-0.05, 0) is 48.0 Å². The van der Waals surface area contributed by atoms with Gasteiger partial charge in [-0.2, -0.15) is 0 Å². The van der Waals surface area contributed by atoms with Crippen molar-refractivity contribution in [3.05, 3.63) is 88.8 Å². The quantitative estimate of drug-likeness (QED) is 0.482. The number of hydrogen-bond donors (Lipinski definition) is 1. The third kappa shape index (κ3) is 4.34. The molecule has 0 saturated carbocycles. The molecular weight excluding hydrogens is 434 g/mol. The molecule has 0 aliphatic heterocycles. The van der Waals surface area contributed by atoms with E-state index in [9.17, 15) is 12.8 Å². The highest BCUT2D eigenvalue weighted by atomic mass is 35.5. The molecule has 1 N–H and O–H groups in total. The summed E-state index contributed by atoms with van der Waals surface area (Å²) in [6.07, 6.45) is 4.90. The largest absolute Gasteiger partial charge is 0.280 e. The van der Waals surface area contributed by atoms with Crippen LogP contribution in [0.4, 0.5) is 10.1 Å². The Morgan fingerprint density at radius 1 is 1.00 bits per heavy atom. The molecule has 0 aliphatic carbocycles. The van der Waals surface area contributed by atoms with E-state index in [0.717, 1.165) is 23.8 Å². The van der Waals surface area contributed by atoms with Crippen LogP contribution in [0.3, 0.4) is 0 Å². The Hall–Kier alpha value is -2.67. The maximum Gasteiger partial charge on any atom is 0.263 e. The second-order valence-corrected chi connectivity index (χ2v) is 8.41. The summed E-state index contributed by atoms with van der Waals surface area (Å²) in [7, 11) is -4.05. The first-order valence-corrected chi connectivity index (χ1v) is 10.5. The molecule has 0 unspecified atom stereocenters. The Morgan fingerprint density at radius 2 is 1.76 bits per heavy atom. The summed E-state index contributed by atoms with van der Waals surface area (Å²) in [4.78, 5) is 4.13. The zero-order chi connectivity index (χ0) is 21.2. The summed E-state index contributed by atoms with van der Waals surface area (Å²) in [5.74, 6) is -0.632. The lowest BCUT2D eigenvalue weighted by Gasteiger charge is -2.14. The Labute approximate surface area is 178 Å². The van der Waals surface area contributed by atoms with E-state index in [2.05, 4.69) is 22.9 Å². The number of nitrogens with zero attached hydrogens (tertiary/aromatic N) is 1. The lowest BCUT2D eigenvalue weighted by Crippen LogP contribution is -2.13. The van der Waals surface area contributed by atoms with Crippen LogP contribution in [-0.2, 0) is 10.0 Å². The van der Waals surface area contributed by atoms with E-state index in [1.165, 1.54) is 6.07 Å². The normalized spacial score (nSPS) is 11.1. The van der Waals surface area contributed by atoms with Crippen molar-refractivity contribution in [3.8, 4) is 11.3 Å². The first kappa shape index (κ1) is 21.0. The summed E-state index contributed by atoms with van der Waals surface area (Å²) in [5, 5.41) is 0.158. The first-order valence-electron chi connectivity index (χ1n) is 8.28. The number of anilines is 1. The molecule has 0 aliphatic rings. The lowest BCUT2D eigenvalue weighted by atomic mass is 10.0. The molecule has 0 amide bonds. The molecule has 3 rings (SSSR count). The van der Waals surface area contributed by atoms with Crippen LogP contribution in [0.2, 0.25) is 10.0 Å². The zero-order valence-corrected chi connectivity index (χ0v) is 17.3. The Morgan fingerprint density at radius 3 is 2.41 bits per heavy atom. The van der Waals surface area contributed by atoms with Gasteiger partial charge in [-0.3, -0.25) is 9.71 Å². The van der Waals surface area contributed by atoms with Gasteiger partial charge in [0.1, 0.15) is 10.7 Å². The fraction of sp³-hybridized carbons (Fsp3) is 0. The highest BCUT2D eigenvalue weighted by Crippen LogP contribution is 2.34. The van der Waals surface area contributed by atoms with Crippen LogP contribution < -0.4 is 4.72 Å². The molecular formula is C21H15Cl2FN2O2S. The van der Waals surface area contributed by atoms with Crippen LogP contribution in [-0.4, -0.2) is 13.4 Å². The van der Waals surface area contributed by atoms with Crippen molar-refractivity contribution in [2.24, 2.45) is 0 Å². The van der Waals surface area contributed by atoms with E-state index < -0.39 is 15.8 Å². The topological polar surface area (TPSA) is 59.1 Å². The SMILES string of the molecule is C=Cc1ccnc(-c2cc(NS(=O)(=O)c3ccc(F)cc3Cl)ccc2Cl)c1C=C. The molecule has 0 saturated heterocycles. The van der Waals surface area contributed by atoms with Gasteiger partial charge >= 0.3 is 0 Å². The Bertz CT molecular complexity index is 1230. The van der Waals surface area contributed by atoms with Crippen LogP contribution in [0.5, 0.6) is 0 Å². The highest BCUT2D eigenvalue weighted by molar-refractivity contribution is 7.92. The average Bonchev–Trinajstić information content (AvgIpc) is 2.68. The Balaban J connectivity index is 2.07. The van der Waals surface area contributed by atoms with Gasteiger partial charge < -0.3 is 0 Å². The Kier molecular flexibility index (Phi) is 6.07. The third-order valence-corrected chi connectivity index (χ3v) is 6.30. The van der Waals surface area contributed by atoms with Crippen molar-refractivity contribution in [3.63, 3.8) is 0 Å². The number of sulfonamides is 1. The van der Waals surface area contributed by atoms with Gasteiger partial charge in [0.15, 0.2) is 0 Å². The molecule has 0 spiro atoms.